The van der Waals surface area contributed by atoms with Gasteiger partial charge in [-0.3, -0.25) is 0 Å². The van der Waals surface area contributed by atoms with Crippen LogP contribution in [0.4, 0.5) is 10.8 Å². The summed E-state index contributed by atoms with van der Waals surface area (Å²) in [6.45, 7) is 3.94. The van der Waals surface area contributed by atoms with Crippen LogP contribution >= 0.6 is 27.3 Å². The van der Waals surface area contributed by atoms with E-state index in [-0.39, 0.29) is 6.10 Å². The van der Waals surface area contributed by atoms with Crippen LogP contribution in [0.25, 0.3) is 10.2 Å². The van der Waals surface area contributed by atoms with Gasteiger partial charge in [-0.25, -0.2) is 4.98 Å². The van der Waals surface area contributed by atoms with E-state index in [0.29, 0.717) is 11.3 Å². The first-order valence-electron chi connectivity index (χ1n) is 7.09. The number of nitriles is 1. The number of nitrogens with one attached hydrogen (secondary N) is 1. The topological polar surface area (TPSA) is 57.9 Å². The largest absolute Gasteiger partial charge is 0.489 e. The molecule has 2 aromatic carbocycles. The zero-order valence-corrected chi connectivity index (χ0v) is 15.0. The number of anilines is 2. The van der Waals surface area contributed by atoms with Gasteiger partial charge in [0.15, 0.2) is 5.13 Å². The molecule has 0 bridgehead atoms. The molecular formula is C17H14BrN3OS. The molecule has 0 aliphatic heterocycles. The van der Waals surface area contributed by atoms with E-state index < -0.39 is 0 Å². The minimum Gasteiger partial charge on any atom is -0.489 e. The molecule has 6 heteroatoms. The van der Waals surface area contributed by atoms with E-state index in [1.165, 1.54) is 0 Å². The van der Waals surface area contributed by atoms with Crippen LogP contribution in [0.1, 0.15) is 19.4 Å². The fourth-order valence-corrected chi connectivity index (χ4v) is 3.33. The van der Waals surface area contributed by atoms with Gasteiger partial charge < -0.3 is 10.1 Å². The van der Waals surface area contributed by atoms with E-state index in [1.807, 2.05) is 38.1 Å². The van der Waals surface area contributed by atoms with E-state index in [1.54, 1.807) is 23.5 Å². The van der Waals surface area contributed by atoms with Crippen molar-refractivity contribution >= 4 is 48.3 Å². The van der Waals surface area contributed by atoms with Crippen LogP contribution in [0.2, 0.25) is 0 Å². The molecule has 3 rings (SSSR count). The lowest BCUT2D eigenvalue weighted by Crippen LogP contribution is -2.07. The molecule has 3 aromatic rings. The molecule has 1 N–H and O–H groups in total. The van der Waals surface area contributed by atoms with Gasteiger partial charge in [-0.2, -0.15) is 5.26 Å². The molecule has 0 aliphatic carbocycles. The van der Waals surface area contributed by atoms with Gasteiger partial charge in [-0.05, 0) is 50.2 Å². The van der Waals surface area contributed by atoms with Crippen LogP contribution in [-0.4, -0.2) is 11.1 Å². The molecule has 23 heavy (non-hydrogen) atoms. The number of benzene rings is 2. The van der Waals surface area contributed by atoms with Crippen molar-refractivity contribution in [2.75, 3.05) is 5.32 Å². The summed E-state index contributed by atoms with van der Waals surface area (Å²) in [6.07, 6.45) is 0.0507. The smallest absolute Gasteiger partial charge is 0.188 e. The predicted molar refractivity (Wildman–Crippen MR) is 97.5 cm³/mol. The van der Waals surface area contributed by atoms with Gasteiger partial charge in [0.1, 0.15) is 5.75 Å². The highest BCUT2D eigenvalue weighted by Crippen LogP contribution is 2.34. The lowest BCUT2D eigenvalue weighted by Gasteiger charge is -2.14. The van der Waals surface area contributed by atoms with Crippen molar-refractivity contribution in [2.45, 2.75) is 20.0 Å². The van der Waals surface area contributed by atoms with Crippen molar-refractivity contribution in [3.63, 3.8) is 0 Å². The molecule has 0 saturated carbocycles. The molecule has 0 aliphatic rings. The summed E-state index contributed by atoms with van der Waals surface area (Å²) in [5, 5.41) is 13.2. The average Bonchev–Trinajstić information content (AvgIpc) is 2.90. The number of halogens is 1. The van der Waals surface area contributed by atoms with Gasteiger partial charge in [0.05, 0.1) is 33.6 Å². The van der Waals surface area contributed by atoms with E-state index in [0.717, 1.165) is 25.5 Å². The third-order valence-electron chi connectivity index (χ3n) is 3.06. The molecule has 0 amide bonds. The van der Waals surface area contributed by atoms with Crippen molar-refractivity contribution < 1.29 is 4.74 Å². The number of ether oxygens (including phenoxy) is 1. The standard InChI is InChI=1S/C17H14BrN3OS/c1-10(2)22-15-5-3-11(9-19)7-13(15)20-17-21-14-8-12(18)4-6-16(14)23-17/h3-8,10H,1-2H3,(H,20,21). The van der Waals surface area contributed by atoms with Gasteiger partial charge in [-0.15, -0.1) is 0 Å². The molecule has 116 valence electrons. The number of aromatic nitrogens is 1. The Morgan fingerprint density at radius 2 is 2.09 bits per heavy atom. The molecule has 0 fully saturated rings. The highest BCUT2D eigenvalue weighted by Gasteiger charge is 2.10. The third kappa shape index (κ3) is 3.63. The van der Waals surface area contributed by atoms with Crippen molar-refractivity contribution in [2.24, 2.45) is 0 Å². The average molecular weight is 388 g/mol. The minimum absolute atomic E-state index is 0.0507. The van der Waals surface area contributed by atoms with Crippen molar-refractivity contribution in [3.05, 3.63) is 46.4 Å². The Morgan fingerprint density at radius 1 is 1.26 bits per heavy atom. The second-order valence-corrected chi connectivity index (χ2v) is 7.19. The summed E-state index contributed by atoms with van der Waals surface area (Å²) in [4.78, 5) is 4.58. The van der Waals surface area contributed by atoms with Gasteiger partial charge in [-0.1, -0.05) is 27.3 Å². The zero-order valence-electron chi connectivity index (χ0n) is 12.6. The Hall–Kier alpha value is -2.10. The summed E-state index contributed by atoms with van der Waals surface area (Å²) in [7, 11) is 0. The summed E-state index contributed by atoms with van der Waals surface area (Å²) < 4.78 is 7.90. The van der Waals surface area contributed by atoms with Gasteiger partial charge >= 0.3 is 0 Å². The summed E-state index contributed by atoms with van der Waals surface area (Å²) in [6, 6.07) is 13.5. The molecular weight excluding hydrogens is 374 g/mol. The Morgan fingerprint density at radius 3 is 2.83 bits per heavy atom. The predicted octanol–water partition coefficient (Wildman–Crippen LogP) is 5.46. The molecule has 1 heterocycles. The quantitative estimate of drug-likeness (QED) is 0.645. The van der Waals surface area contributed by atoms with Gasteiger partial charge in [0, 0.05) is 4.47 Å². The zero-order chi connectivity index (χ0) is 16.4. The second kappa shape index (κ2) is 6.57. The minimum atomic E-state index is 0.0507. The van der Waals surface area contributed by atoms with Crippen LogP contribution in [-0.2, 0) is 0 Å². The molecule has 0 spiro atoms. The first kappa shape index (κ1) is 15.8. The number of thiazole rings is 1. The molecule has 0 radical (unpaired) electrons. The summed E-state index contributed by atoms with van der Waals surface area (Å²) in [5.41, 5.74) is 2.25. The maximum Gasteiger partial charge on any atom is 0.188 e. The van der Waals surface area contributed by atoms with Crippen LogP contribution < -0.4 is 10.1 Å². The SMILES string of the molecule is CC(C)Oc1ccc(C#N)cc1Nc1nc2cc(Br)ccc2s1. The molecule has 0 unspecified atom stereocenters. The number of hydrogen-bond donors (Lipinski definition) is 1. The maximum atomic E-state index is 9.11. The Labute approximate surface area is 146 Å². The fraction of sp³-hybridized carbons (Fsp3) is 0.176. The summed E-state index contributed by atoms with van der Waals surface area (Å²) >= 11 is 5.01. The first-order valence-corrected chi connectivity index (χ1v) is 8.70. The lowest BCUT2D eigenvalue weighted by molar-refractivity contribution is 0.244. The second-order valence-electron chi connectivity index (χ2n) is 5.25. The van der Waals surface area contributed by atoms with Crippen LogP contribution in [0.3, 0.4) is 0 Å². The number of hydrogen-bond acceptors (Lipinski definition) is 5. The molecule has 0 atom stereocenters. The van der Waals surface area contributed by atoms with Crippen molar-refractivity contribution in [3.8, 4) is 11.8 Å². The molecule has 0 saturated heterocycles. The van der Waals surface area contributed by atoms with Gasteiger partial charge in [0.25, 0.3) is 0 Å². The van der Waals surface area contributed by atoms with Gasteiger partial charge in [0.2, 0.25) is 0 Å². The Kier molecular flexibility index (Phi) is 4.51. The van der Waals surface area contributed by atoms with E-state index in [9.17, 15) is 0 Å². The number of nitrogens with zero attached hydrogens (tertiary/aromatic N) is 2. The monoisotopic (exact) mass is 387 g/mol. The highest BCUT2D eigenvalue weighted by molar-refractivity contribution is 9.10. The Bertz CT molecular complexity index is 898. The van der Waals surface area contributed by atoms with E-state index in [4.69, 9.17) is 10.00 Å². The highest BCUT2D eigenvalue weighted by atomic mass is 79.9. The van der Waals surface area contributed by atoms with Crippen LogP contribution in [0, 0.1) is 11.3 Å². The maximum absolute atomic E-state index is 9.11. The number of fused-ring (bicyclic) bond motifs is 1. The molecule has 4 nitrogen and oxygen atoms in total. The fourth-order valence-electron chi connectivity index (χ4n) is 2.12. The van der Waals surface area contributed by atoms with E-state index >= 15 is 0 Å². The Balaban J connectivity index is 1.97. The first-order chi connectivity index (χ1) is 11.0. The van der Waals surface area contributed by atoms with E-state index in [2.05, 4.69) is 32.3 Å². The lowest BCUT2D eigenvalue weighted by atomic mass is 10.2. The van der Waals surface area contributed by atoms with Crippen molar-refractivity contribution in [1.29, 1.82) is 5.26 Å². The van der Waals surface area contributed by atoms with Crippen LogP contribution in [0.5, 0.6) is 5.75 Å². The molecule has 1 aromatic heterocycles. The third-order valence-corrected chi connectivity index (χ3v) is 4.51. The normalized spacial score (nSPS) is 10.7. The number of rotatable bonds is 4. The van der Waals surface area contributed by atoms with Crippen molar-refractivity contribution in [1.82, 2.24) is 4.98 Å². The van der Waals surface area contributed by atoms with Crippen LogP contribution in [0.15, 0.2) is 40.9 Å². The summed E-state index contributed by atoms with van der Waals surface area (Å²) in [5.74, 6) is 0.708.